The van der Waals surface area contributed by atoms with E-state index in [9.17, 15) is 4.79 Å². The highest BCUT2D eigenvalue weighted by molar-refractivity contribution is 8.00. The molecule has 1 aromatic carbocycles. The highest BCUT2D eigenvalue weighted by Crippen LogP contribution is 2.30. The number of halogens is 1. The fraction of sp³-hybridized carbons (Fsp3) is 0.562. The number of carbonyl (C=O) groups excluding carboxylic acids is 1. The molecular formula is C16H22ClNOS. The average molecular weight is 312 g/mol. The molecule has 1 aromatic rings. The predicted octanol–water partition coefficient (Wildman–Crippen LogP) is 3.94. The van der Waals surface area contributed by atoms with Crippen molar-refractivity contribution in [3.8, 4) is 0 Å². The van der Waals surface area contributed by atoms with Crippen LogP contribution >= 0.6 is 23.4 Å². The van der Waals surface area contributed by atoms with Crippen molar-refractivity contribution in [3.63, 3.8) is 0 Å². The summed E-state index contributed by atoms with van der Waals surface area (Å²) in [6, 6.07) is 10.0. The van der Waals surface area contributed by atoms with Gasteiger partial charge in [-0.25, -0.2) is 0 Å². The molecule has 0 bridgehead atoms. The minimum absolute atomic E-state index is 0.123. The Bertz CT molecular complexity index is 412. The van der Waals surface area contributed by atoms with E-state index in [0.29, 0.717) is 17.6 Å². The van der Waals surface area contributed by atoms with Crippen LogP contribution in [0.1, 0.15) is 25.7 Å². The molecule has 0 heterocycles. The molecule has 2 atom stereocenters. The Morgan fingerprint density at radius 1 is 1.20 bits per heavy atom. The summed E-state index contributed by atoms with van der Waals surface area (Å²) >= 11 is 7.60. The molecule has 2 rings (SSSR count). The maximum absolute atomic E-state index is 11.9. The summed E-state index contributed by atoms with van der Waals surface area (Å²) in [5.74, 6) is 2.47. The molecule has 20 heavy (non-hydrogen) atoms. The summed E-state index contributed by atoms with van der Waals surface area (Å²) in [4.78, 5) is 13.0. The summed E-state index contributed by atoms with van der Waals surface area (Å²) in [5.41, 5.74) is 0. The highest BCUT2D eigenvalue weighted by atomic mass is 35.5. The van der Waals surface area contributed by atoms with Crippen LogP contribution in [0, 0.1) is 11.8 Å². The van der Waals surface area contributed by atoms with E-state index in [2.05, 4.69) is 5.32 Å². The topological polar surface area (TPSA) is 29.1 Å². The molecular weight excluding hydrogens is 290 g/mol. The monoisotopic (exact) mass is 311 g/mol. The van der Waals surface area contributed by atoms with E-state index in [1.807, 2.05) is 30.3 Å². The third-order valence-electron chi connectivity index (χ3n) is 3.94. The molecule has 2 unspecified atom stereocenters. The summed E-state index contributed by atoms with van der Waals surface area (Å²) in [6.07, 6.45) is 4.96. The molecule has 1 aliphatic rings. The number of benzene rings is 1. The first kappa shape index (κ1) is 15.7. The molecule has 1 fully saturated rings. The SMILES string of the molecule is O=C(CSc1ccccc1)NCC1CCCCC1CCl. The molecule has 2 nitrogen and oxygen atoms in total. The highest BCUT2D eigenvalue weighted by Gasteiger charge is 2.24. The van der Waals surface area contributed by atoms with Crippen LogP contribution in [0.4, 0.5) is 0 Å². The third kappa shape index (κ3) is 5.02. The van der Waals surface area contributed by atoms with Crippen LogP contribution in [0.5, 0.6) is 0 Å². The lowest BCUT2D eigenvalue weighted by atomic mass is 9.80. The normalized spacial score (nSPS) is 22.4. The van der Waals surface area contributed by atoms with Gasteiger partial charge in [0.2, 0.25) is 5.91 Å². The molecule has 0 aromatic heterocycles. The van der Waals surface area contributed by atoms with Crippen LogP contribution in [0.15, 0.2) is 35.2 Å². The van der Waals surface area contributed by atoms with Crippen molar-refractivity contribution in [2.45, 2.75) is 30.6 Å². The minimum atomic E-state index is 0.123. The van der Waals surface area contributed by atoms with E-state index < -0.39 is 0 Å². The first-order valence-corrected chi connectivity index (χ1v) is 8.82. The number of hydrogen-bond acceptors (Lipinski definition) is 2. The molecule has 0 spiro atoms. The fourth-order valence-corrected chi connectivity index (χ4v) is 3.87. The molecule has 1 saturated carbocycles. The lowest BCUT2D eigenvalue weighted by molar-refractivity contribution is -0.118. The van der Waals surface area contributed by atoms with E-state index in [0.717, 1.165) is 17.3 Å². The molecule has 110 valence electrons. The maximum atomic E-state index is 11.9. The van der Waals surface area contributed by atoms with Crippen molar-refractivity contribution in [1.29, 1.82) is 0 Å². The number of carbonyl (C=O) groups is 1. The van der Waals surface area contributed by atoms with E-state index >= 15 is 0 Å². The second-order valence-electron chi connectivity index (χ2n) is 5.36. The predicted molar refractivity (Wildman–Crippen MR) is 86.3 cm³/mol. The summed E-state index contributed by atoms with van der Waals surface area (Å²) < 4.78 is 0. The molecule has 1 N–H and O–H groups in total. The van der Waals surface area contributed by atoms with E-state index in [-0.39, 0.29) is 5.91 Å². The number of rotatable bonds is 6. The first-order chi connectivity index (χ1) is 9.79. The van der Waals surface area contributed by atoms with Crippen molar-refractivity contribution in [2.24, 2.45) is 11.8 Å². The van der Waals surface area contributed by atoms with Crippen molar-refractivity contribution in [2.75, 3.05) is 18.2 Å². The van der Waals surface area contributed by atoms with Crippen molar-refractivity contribution >= 4 is 29.3 Å². The maximum Gasteiger partial charge on any atom is 0.230 e. The van der Waals surface area contributed by atoms with Crippen LogP contribution in [0.2, 0.25) is 0 Å². The van der Waals surface area contributed by atoms with Gasteiger partial charge in [-0.1, -0.05) is 31.0 Å². The number of thioether (sulfide) groups is 1. The van der Waals surface area contributed by atoms with Gasteiger partial charge in [0.05, 0.1) is 5.75 Å². The zero-order chi connectivity index (χ0) is 14.2. The molecule has 0 aliphatic heterocycles. The average Bonchev–Trinajstić information content (AvgIpc) is 2.52. The van der Waals surface area contributed by atoms with E-state index in [1.54, 1.807) is 11.8 Å². The lowest BCUT2D eigenvalue weighted by Crippen LogP contribution is -2.35. The van der Waals surface area contributed by atoms with Crippen molar-refractivity contribution in [1.82, 2.24) is 5.32 Å². The van der Waals surface area contributed by atoms with Crippen LogP contribution in [-0.2, 0) is 4.79 Å². The van der Waals surface area contributed by atoms with Gasteiger partial charge in [-0.2, -0.15) is 0 Å². The van der Waals surface area contributed by atoms with Crippen molar-refractivity contribution < 1.29 is 4.79 Å². The van der Waals surface area contributed by atoms with Gasteiger partial charge in [0.1, 0.15) is 0 Å². The Labute approximate surface area is 130 Å². The second kappa shape index (κ2) is 8.58. The number of hydrogen-bond donors (Lipinski definition) is 1. The zero-order valence-electron chi connectivity index (χ0n) is 11.7. The van der Waals surface area contributed by atoms with E-state index in [4.69, 9.17) is 11.6 Å². The summed E-state index contributed by atoms with van der Waals surface area (Å²) in [5, 5.41) is 3.07. The standard InChI is InChI=1S/C16H22ClNOS/c17-10-13-6-4-5-7-14(13)11-18-16(19)12-20-15-8-2-1-3-9-15/h1-3,8-9,13-14H,4-7,10-12H2,(H,18,19). The van der Waals surface area contributed by atoms with E-state index in [1.165, 1.54) is 25.7 Å². The van der Waals surface area contributed by atoms with Gasteiger partial charge >= 0.3 is 0 Å². The lowest BCUT2D eigenvalue weighted by Gasteiger charge is -2.30. The van der Waals surface area contributed by atoms with Crippen LogP contribution in [0.3, 0.4) is 0 Å². The van der Waals surface area contributed by atoms with Crippen LogP contribution < -0.4 is 5.32 Å². The number of nitrogens with one attached hydrogen (secondary N) is 1. The molecule has 4 heteroatoms. The Balaban J connectivity index is 1.69. The van der Waals surface area contributed by atoms with Crippen LogP contribution in [-0.4, -0.2) is 24.1 Å². The van der Waals surface area contributed by atoms with Crippen molar-refractivity contribution in [3.05, 3.63) is 30.3 Å². The first-order valence-electron chi connectivity index (χ1n) is 7.30. The second-order valence-corrected chi connectivity index (χ2v) is 6.72. The van der Waals surface area contributed by atoms with Gasteiger partial charge in [0, 0.05) is 17.3 Å². The quantitative estimate of drug-likeness (QED) is 0.637. The minimum Gasteiger partial charge on any atom is -0.355 e. The van der Waals surface area contributed by atoms with Gasteiger partial charge in [0.15, 0.2) is 0 Å². The van der Waals surface area contributed by atoms with Gasteiger partial charge < -0.3 is 5.32 Å². The molecule has 0 saturated heterocycles. The number of alkyl halides is 1. The summed E-state index contributed by atoms with van der Waals surface area (Å²) in [6.45, 7) is 0.783. The Morgan fingerprint density at radius 2 is 1.90 bits per heavy atom. The van der Waals surface area contributed by atoms with Gasteiger partial charge in [0.25, 0.3) is 0 Å². The Kier molecular flexibility index (Phi) is 6.74. The Morgan fingerprint density at radius 3 is 2.60 bits per heavy atom. The molecule has 1 aliphatic carbocycles. The largest absolute Gasteiger partial charge is 0.355 e. The number of amides is 1. The Hall–Kier alpha value is -0.670. The van der Waals surface area contributed by atoms with Gasteiger partial charge in [-0.3, -0.25) is 4.79 Å². The van der Waals surface area contributed by atoms with Gasteiger partial charge in [-0.15, -0.1) is 23.4 Å². The molecule has 1 amide bonds. The third-order valence-corrected chi connectivity index (χ3v) is 5.35. The zero-order valence-corrected chi connectivity index (χ0v) is 13.3. The van der Waals surface area contributed by atoms with Gasteiger partial charge in [-0.05, 0) is 36.8 Å². The summed E-state index contributed by atoms with van der Waals surface area (Å²) in [7, 11) is 0. The fourth-order valence-electron chi connectivity index (χ4n) is 2.72. The molecule has 0 radical (unpaired) electrons. The van der Waals surface area contributed by atoms with Crippen LogP contribution in [0.25, 0.3) is 0 Å². The smallest absolute Gasteiger partial charge is 0.230 e.